The van der Waals surface area contributed by atoms with Crippen molar-refractivity contribution >= 4 is 50.8 Å². The summed E-state index contributed by atoms with van der Waals surface area (Å²) in [6.45, 7) is 5.11. The van der Waals surface area contributed by atoms with Crippen molar-refractivity contribution in [3.63, 3.8) is 0 Å². The topological polar surface area (TPSA) is 111 Å². The predicted molar refractivity (Wildman–Crippen MR) is 141 cm³/mol. The zero-order valence-electron chi connectivity index (χ0n) is 20.4. The summed E-state index contributed by atoms with van der Waals surface area (Å²) in [4.78, 5) is 11.2. The van der Waals surface area contributed by atoms with Crippen LogP contribution in [0.5, 0.6) is 11.5 Å². The zero-order valence-corrected chi connectivity index (χ0v) is 23.5. The Morgan fingerprint density at radius 2 is 1.64 bits per heavy atom. The van der Waals surface area contributed by atoms with Crippen LogP contribution in [0.2, 0.25) is 10.0 Å². The summed E-state index contributed by atoms with van der Waals surface area (Å²) in [6.07, 6.45) is -0.607. The molecule has 0 saturated carbocycles. The smallest absolute Gasteiger partial charge is 0.303 e. The number of aliphatic hydroxyl groups excluding tert-OH is 1. The van der Waals surface area contributed by atoms with Gasteiger partial charge in [0.25, 0.3) is 0 Å². The number of alkyl halides is 1. The number of halogens is 3. The van der Waals surface area contributed by atoms with E-state index in [1.807, 2.05) is 26.0 Å². The first-order valence-electron chi connectivity index (χ1n) is 10.9. The van der Waals surface area contributed by atoms with Crippen molar-refractivity contribution in [2.45, 2.75) is 38.4 Å². The molecule has 0 bridgehead atoms. The maximum atomic E-state index is 11.2. The van der Waals surface area contributed by atoms with Crippen LogP contribution in [0.15, 0.2) is 36.4 Å². The van der Waals surface area contributed by atoms with Gasteiger partial charge in [-0.3, -0.25) is 4.79 Å². The van der Waals surface area contributed by atoms with E-state index in [-0.39, 0.29) is 31.4 Å². The van der Waals surface area contributed by atoms with Gasteiger partial charge in [0.1, 0.15) is 31.2 Å². The number of aliphatic hydroxyl groups is 1. The molecule has 0 aliphatic rings. The van der Waals surface area contributed by atoms with Crippen molar-refractivity contribution in [2.24, 2.45) is 0 Å². The minimum atomic E-state index is -3.39. The molecule has 0 fully saturated rings. The van der Waals surface area contributed by atoms with Gasteiger partial charge in [-0.05, 0) is 35.4 Å². The third kappa shape index (κ3) is 9.28. The van der Waals surface area contributed by atoms with E-state index >= 15 is 0 Å². The van der Waals surface area contributed by atoms with Crippen molar-refractivity contribution in [1.82, 2.24) is 4.72 Å². The molecule has 0 saturated heterocycles. The summed E-state index contributed by atoms with van der Waals surface area (Å²) >= 11 is 18.8. The fourth-order valence-corrected chi connectivity index (χ4v) is 4.46. The zero-order chi connectivity index (χ0) is 27.1. The van der Waals surface area contributed by atoms with E-state index in [0.717, 1.165) is 17.4 Å². The van der Waals surface area contributed by atoms with Crippen molar-refractivity contribution in [2.75, 3.05) is 31.9 Å². The summed E-state index contributed by atoms with van der Waals surface area (Å²) in [6, 6.07) is 10.8. The molecule has 0 unspecified atom stereocenters. The lowest BCUT2D eigenvalue weighted by atomic mass is 9.78. The van der Waals surface area contributed by atoms with Crippen molar-refractivity contribution in [1.29, 1.82) is 0 Å². The van der Waals surface area contributed by atoms with Gasteiger partial charge in [0.05, 0.1) is 22.2 Å². The minimum absolute atomic E-state index is 0.00569. The molecule has 0 amide bonds. The Labute approximate surface area is 226 Å². The van der Waals surface area contributed by atoms with Gasteiger partial charge >= 0.3 is 5.97 Å². The molecule has 200 valence electrons. The second-order valence-electron chi connectivity index (χ2n) is 8.70. The van der Waals surface area contributed by atoms with E-state index in [1.54, 1.807) is 24.3 Å². The van der Waals surface area contributed by atoms with Crippen molar-refractivity contribution in [3.05, 3.63) is 57.6 Å². The van der Waals surface area contributed by atoms with Gasteiger partial charge in [0, 0.05) is 18.9 Å². The number of benzene rings is 2. The molecule has 2 rings (SSSR count). The number of ether oxygens (including phenoxy) is 3. The largest absolute Gasteiger partial charge is 0.491 e. The van der Waals surface area contributed by atoms with Gasteiger partial charge in [0.15, 0.2) is 5.75 Å². The summed E-state index contributed by atoms with van der Waals surface area (Å²) in [5.41, 5.74) is 1.31. The maximum Gasteiger partial charge on any atom is 0.303 e. The predicted octanol–water partition coefficient (Wildman–Crippen LogP) is 4.16. The van der Waals surface area contributed by atoms with Crippen LogP contribution in [-0.4, -0.2) is 63.6 Å². The molecule has 2 aromatic rings. The lowest BCUT2D eigenvalue weighted by Crippen LogP contribution is -2.34. The van der Waals surface area contributed by atoms with Gasteiger partial charge in [-0.2, -0.15) is 0 Å². The number of hydrogen-bond donors (Lipinski definition) is 2. The quantitative estimate of drug-likeness (QED) is 0.270. The number of sulfonamides is 1. The van der Waals surface area contributed by atoms with E-state index in [4.69, 9.17) is 49.0 Å². The molecule has 0 spiro atoms. The molecular weight excluding hydrogens is 553 g/mol. The number of esters is 1. The monoisotopic (exact) mass is 581 g/mol. The molecule has 0 aromatic heterocycles. The number of rotatable bonds is 13. The van der Waals surface area contributed by atoms with Crippen LogP contribution in [0.4, 0.5) is 0 Å². The summed E-state index contributed by atoms with van der Waals surface area (Å²) in [5, 5.41) is 10.5. The lowest BCUT2D eigenvalue weighted by molar-refractivity contribution is -0.146. The normalized spacial score (nSPS) is 13.7. The van der Waals surface area contributed by atoms with Gasteiger partial charge in [-0.1, -0.05) is 49.2 Å². The third-order valence-corrected chi connectivity index (χ3v) is 6.83. The second kappa shape index (κ2) is 13.2. The van der Waals surface area contributed by atoms with E-state index in [9.17, 15) is 18.3 Å². The molecule has 0 radical (unpaired) electrons. The molecule has 2 N–H and O–H groups in total. The van der Waals surface area contributed by atoms with E-state index < -0.39 is 33.6 Å². The summed E-state index contributed by atoms with van der Waals surface area (Å²) < 4.78 is 40.8. The Hall–Kier alpha value is -1.75. The van der Waals surface area contributed by atoms with Crippen molar-refractivity contribution in [3.8, 4) is 11.5 Å². The molecule has 12 heteroatoms. The minimum Gasteiger partial charge on any atom is -0.491 e. The lowest BCUT2D eigenvalue weighted by Gasteiger charge is -2.27. The summed E-state index contributed by atoms with van der Waals surface area (Å²) in [7, 11) is -3.39. The van der Waals surface area contributed by atoms with Crippen LogP contribution in [-0.2, 0) is 25.0 Å². The van der Waals surface area contributed by atoms with E-state index in [0.29, 0.717) is 15.8 Å². The average Bonchev–Trinajstić information content (AvgIpc) is 2.79. The average molecular weight is 583 g/mol. The SMILES string of the molecule is CC(=O)O[C@@H](CCl)COc1c(Cl)cc(C(C)(C)c2ccc(OC[C@@H](O)CNS(C)(=O)=O)cc2)cc1Cl. The summed E-state index contributed by atoms with van der Waals surface area (Å²) in [5.74, 6) is 0.396. The number of nitrogens with one attached hydrogen (secondary N) is 1. The molecule has 2 aromatic carbocycles. The Morgan fingerprint density at radius 3 is 2.14 bits per heavy atom. The molecule has 0 aliphatic heterocycles. The van der Waals surface area contributed by atoms with Crippen LogP contribution in [0.25, 0.3) is 0 Å². The highest BCUT2D eigenvalue weighted by molar-refractivity contribution is 7.88. The second-order valence-corrected chi connectivity index (χ2v) is 11.7. The first kappa shape index (κ1) is 30.5. The van der Waals surface area contributed by atoms with Crippen LogP contribution in [0.3, 0.4) is 0 Å². The van der Waals surface area contributed by atoms with Gasteiger partial charge in [-0.25, -0.2) is 13.1 Å². The maximum absolute atomic E-state index is 11.2. The third-order valence-electron chi connectivity index (χ3n) is 5.24. The van der Waals surface area contributed by atoms with Crippen molar-refractivity contribution < 1.29 is 32.5 Å². The van der Waals surface area contributed by atoms with E-state index in [2.05, 4.69) is 4.72 Å². The fraction of sp³-hybridized carbons (Fsp3) is 0.458. The highest BCUT2D eigenvalue weighted by Crippen LogP contribution is 2.40. The Balaban J connectivity index is 2.09. The Kier molecular flexibility index (Phi) is 11.1. The van der Waals surface area contributed by atoms with Crippen LogP contribution in [0.1, 0.15) is 31.9 Å². The molecule has 0 heterocycles. The molecular formula is C24H30Cl3NO7S. The van der Waals surface area contributed by atoms with Crippen LogP contribution in [0, 0.1) is 0 Å². The molecule has 2 atom stereocenters. The van der Waals surface area contributed by atoms with Gasteiger partial charge < -0.3 is 19.3 Å². The van der Waals surface area contributed by atoms with E-state index in [1.165, 1.54) is 6.92 Å². The highest BCUT2D eigenvalue weighted by Gasteiger charge is 2.26. The van der Waals surface area contributed by atoms with Crippen LogP contribution < -0.4 is 14.2 Å². The number of carbonyl (C=O) groups excluding carboxylic acids is 1. The Bertz CT molecular complexity index is 1120. The molecule has 36 heavy (non-hydrogen) atoms. The van der Waals surface area contributed by atoms with Gasteiger partial charge in [-0.15, -0.1) is 11.6 Å². The number of hydrogen-bond acceptors (Lipinski definition) is 7. The molecule has 0 aliphatic carbocycles. The number of carbonyl (C=O) groups is 1. The van der Waals surface area contributed by atoms with Gasteiger partial charge in [0.2, 0.25) is 10.0 Å². The fourth-order valence-electron chi connectivity index (χ4n) is 3.21. The highest BCUT2D eigenvalue weighted by atomic mass is 35.5. The first-order valence-corrected chi connectivity index (χ1v) is 14.1. The molecule has 8 nitrogen and oxygen atoms in total. The standard InChI is InChI=1S/C24H30Cl3NO7S/c1-15(29)35-20(11-25)14-34-23-21(26)9-17(10-22(23)27)24(2,3)16-5-7-19(8-6-16)33-13-18(30)12-28-36(4,31)32/h5-10,18,20,28,30H,11-14H2,1-4H3/t18-,20-/m0/s1. The Morgan fingerprint density at radius 1 is 1.06 bits per heavy atom. The first-order chi connectivity index (χ1) is 16.7. The van der Waals surface area contributed by atoms with Crippen LogP contribution >= 0.6 is 34.8 Å².